The van der Waals surface area contributed by atoms with E-state index in [9.17, 15) is 4.79 Å². The van der Waals surface area contributed by atoms with Crippen molar-refractivity contribution in [3.63, 3.8) is 0 Å². The van der Waals surface area contributed by atoms with Crippen molar-refractivity contribution in [3.05, 3.63) is 64.1 Å². The van der Waals surface area contributed by atoms with Crippen molar-refractivity contribution in [2.24, 2.45) is 0 Å². The van der Waals surface area contributed by atoms with E-state index in [0.29, 0.717) is 0 Å². The molecule has 102 valence electrons. The van der Waals surface area contributed by atoms with Crippen LogP contribution in [0.1, 0.15) is 24.1 Å². The molecule has 3 rings (SSSR count). The van der Waals surface area contributed by atoms with E-state index in [2.05, 4.69) is 41.3 Å². The summed E-state index contributed by atoms with van der Waals surface area (Å²) in [4.78, 5) is 16.8. The fourth-order valence-electron chi connectivity index (χ4n) is 2.37. The lowest BCUT2D eigenvalue weighted by atomic mass is 10.1. The third-order valence-corrected chi connectivity index (χ3v) is 3.56. The lowest BCUT2D eigenvalue weighted by Crippen LogP contribution is -2.07. The van der Waals surface area contributed by atoms with Crippen molar-refractivity contribution in [1.29, 1.82) is 0 Å². The van der Waals surface area contributed by atoms with Crippen molar-refractivity contribution in [3.8, 4) is 0 Å². The SMILES string of the molecule is Cc1ccccc1NC(C)c1ccc2[nH]c(=O)[nH]c2c1. The van der Waals surface area contributed by atoms with Gasteiger partial charge in [0.05, 0.1) is 11.0 Å². The number of anilines is 1. The molecular weight excluding hydrogens is 250 g/mol. The van der Waals surface area contributed by atoms with E-state index in [1.165, 1.54) is 5.56 Å². The predicted molar refractivity (Wildman–Crippen MR) is 82.1 cm³/mol. The molecule has 0 aliphatic rings. The van der Waals surface area contributed by atoms with Gasteiger partial charge < -0.3 is 15.3 Å². The van der Waals surface area contributed by atoms with Crippen molar-refractivity contribution < 1.29 is 0 Å². The first-order chi connectivity index (χ1) is 9.63. The summed E-state index contributed by atoms with van der Waals surface area (Å²) in [6, 6.07) is 14.3. The number of aromatic amines is 2. The molecule has 0 amide bonds. The van der Waals surface area contributed by atoms with Gasteiger partial charge in [-0.05, 0) is 43.2 Å². The highest BCUT2D eigenvalue weighted by atomic mass is 16.1. The second kappa shape index (κ2) is 4.89. The Balaban J connectivity index is 1.90. The molecule has 0 aliphatic heterocycles. The molecule has 1 atom stereocenters. The predicted octanol–water partition coefficient (Wildman–Crippen LogP) is 3.34. The Morgan fingerprint density at radius 1 is 1.05 bits per heavy atom. The van der Waals surface area contributed by atoms with Crippen LogP contribution < -0.4 is 11.0 Å². The van der Waals surface area contributed by atoms with E-state index < -0.39 is 0 Å². The van der Waals surface area contributed by atoms with Gasteiger partial charge in [-0.25, -0.2) is 4.79 Å². The highest BCUT2D eigenvalue weighted by molar-refractivity contribution is 5.75. The standard InChI is InChI=1S/C16H17N3O/c1-10-5-3-4-6-13(10)17-11(2)12-7-8-14-15(9-12)19-16(20)18-14/h3-9,11,17H,1-2H3,(H2,18,19,20). The summed E-state index contributed by atoms with van der Waals surface area (Å²) in [5.41, 5.74) is 4.98. The minimum absolute atomic E-state index is 0.166. The maximum Gasteiger partial charge on any atom is 0.323 e. The quantitative estimate of drug-likeness (QED) is 0.681. The number of H-pyrrole nitrogens is 2. The van der Waals surface area contributed by atoms with E-state index in [1.54, 1.807) is 0 Å². The Labute approximate surface area is 116 Å². The minimum atomic E-state index is -0.170. The van der Waals surface area contributed by atoms with Gasteiger partial charge in [0.15, 0.2) is 0 Å². The molecule has 4 heteroatoms. The molecule has 0 bridgehead atoms. The van der Waals surface area contributed by atoms with Crippen LogP contribution in [0.25, 0.3) is 11.0 Å². The first-order valence-corrected chi connectivity index (χ1v) is 6.67. The lowest BCUT2D eigenvalue weighted by molar-refractivity contribution is 0.884. The molecule has 4 nitrogen and oxygen atoms in total. The number of benzene rings is 2. The van der Waals surface area contributed by atoms with Crippen LogP contribution in [0.4, 0.5) is 5.69 Å². The fraction of sp³-hybridized carbons (Fsp3) is 0.188. The molecule has 0 spiro atoms. The Bertz CT molecular complexity index is 801. The molecule has 1 heterocycles. The molecule has 3 N–H and O–H groups in total. The van der Waals surface area contributed by atoms with E-state index in [4.69, 9.17) is 0 Å². The van der Waals surface area contributed by atoms with E-state index in [-0.39, 0.29) is 11.7 Å². The van der Waals surface area contributed by atoms with Gasteiger partial charge in [-0.1, -0.05) is 24.3 Å². The highest BCUT2D eigenvalue weighted by Crippen LogP contribution is 2.23. The van der Waals surface area contributed by atoms with Gasteiger partial charge in [-0.15, -0.1) is 0 Å². The molecule has 0 saturated heterocycles. The second-order valence-electron chi connectivity index (χ2n) is 5.07. The van der Waals surface area contributed by atoms with Gasteiger partial charge in [0.1, 0.15) is 0 Å². The molecule has 3 aromatic rings. The summed E-state index contributed by atoms with van der Waals surface area (Å²) in [5.74, 6) is 0. The molecule has 20 heavy (non-hydrogen) atoms. The molecule has 1 aromatic heterocycles. The zero-order valence-electron chi connectivity index (χ0n) is 11.5. The molecule has 0 saturated carbocycles. The third kappa shape index (κ3) is 2.32. The van der Waals surface area contributed by atoms with Gasteiger partial charge in [-0.2, -0.15) is 0 Å². The van der Waals surface area contributed by atoms with E-state index >= 15 is 0 Å². The summed E-state index contributed by atoms with van der Waals surface area (Å²) in [6.07, 6.45) is 0. The largest absolute Gasteiger partial charge is 0.378 e. The first-order valence-electron chi connectivity index (χ1n) is 6.67. The van der Waals surface area contributed by atoms with Crippen LogP contribution in [0.2, 0.25) is 0 Å². The van der Waals surface area contributed by atoms with Crippen molar-refractivity contribution in [2.75, 3.05) is 5.32 Å². The van der Waals surface area contributed by atoms with Crippen LogP contribution in [-0.2, 0) is 0 Å². The molecular formula is C16H17N3O. The maximum atomic E-state index is 11.3. The van der Waals surface area contributed by atoms with Crippen LogP contribution in [0.3, 0.4) is 0 Å². The summed E-state index contributed by atoms with van der Waals surface area (Å²) >= 11 is 0. The molecule has 2 aromatic carbocycles. The molecule has 0 fully saturated rings. The second-order valence-corrected chi connectivity index (χ2v) is 5.07. The monoisotopic (exact) mass is 267 g/mol. The molecule has 0 aliphatic carbocycles. The van der Waals surface area contributed by atoms with Crippen LogP contribution in [0.5, 0.6) is 0 Å². The van der Waals surface area contributed by atoms with E-state index in [1.807, 2.05) is 30.3 Å². The van der Waals surface area contributed by atoms with Crippen molar-refractivity contribution in [1.82, 2.24) is 9.97 Å². The number of imidazole rings is 1. The average Bonchev–Trinajstić information content (AvgIpc) is 2.80. The van der Waals surface area contributed by atoms with E-state index in [0.717, 1.165) is 22.3 Å². The topological polar surface area (TPSA) is 60.7 Å². The van der Waals surface area contributed by atoms with Gasteiger partial charge in [0, 0.05) is 11.7 Å². The molecule has 1 unspecified atom stereocenters. The zero-order valence-corrected chi connectivity index (χ0v) is 11.5. The number of hydrogen-bond acceptors (Lipinski definition) is 2. The fourth-order valence-corrected chi connectivity index (χ4v) is 2.37. The minimum Gasteiger partial charge on any atom is -0.378 e. The summed E-state index contributed by atoms with van der Waals surface area (Å²) in [7, 11) is 0. The number of rotatable bonds is 3. The number of aryl methyl sites for hydroxylation is 1. The van der Waals surface area contributed by atoms with Gasteiger partial charge in [-0.3, -0.25) is 0 Å². The summed E-state index contributed by atoms with van der Waals surface area (Å²) in [5, 5.41) is 3.50. The van der Waals surface area contributed by atoms with Crippen LogP contribution in [0.15, 0.2) is 47.3 Å². The van der Waals surface area contributed by atoms with Crippen molar-refractivity contribution >= 4 is 16.7 Å². The maximum absolute atomic E-state index is 11.3. The smallest absolute Gasteiger partial charge is 0.323 e. The summed E-state index contributed by atoms with van der Waals surface area (Å²) in [6.45, 7) is 4.19. The zero-order chi connectivity index (χ0) is 14.1. The summed E-state index contributed by atoms with van der Waals surface area (Å²) < 4.78 is 0. The molecule has 0 radical (unpaired) electrons. The normalized spacial score (nSPS) is 12.5. The van der Waals surface area contributed by atoms with Gasteiger partial charge >= 0.3 is 5.69 Å². The first kappa shape index (κ1) is 12.5. The Kier molecular flexibility index (Phi) is 3.06. The van der Waals surface area contributed by atoms with Gasteiger partial charge in [0.2, 0.25) is 0 Å². The van der Waals surface area contributed by atoms with Gasteiger partial charge in [0.25, 0.3) is 0 Å². The van der Waals surface area contributed by atoms with Crippen LogP contribution in [0, 0.1) is 6.92 Å². The van der Waals surface area contributed by atoms with Crippen molar-refractivity contribution in [2.45, 2.75) is 19.9 Å². The third-order valence-electron chi connectivity index (χ3n) is 3.56. The number of nitrogens with one attached hydrogen (secondary N) is 3. The lowest BCUT2D eigenvalue weighted by Gasteiger charge is -2.17. The Hall–Kier alpha value is -2.49. The average molecular weight is 267 g/mol. The number of hydrogen-bond donors (Lipinski definition) is 3. The highest BCUT2D eigenvalue weighted by Gasteiger charge is 2.08. The Morgan fingerprint density at radius 3 is 2.60 bits per heavy atom. The van der Waals surface area contributed by atoms with Crippen LogP contribution in [-0.4, -0.2) is 9.97 Å². The Morgan fingerprint density at radius 2 is 1.80 bits per heavy atom. The van der Waals surface area contributed by atoms with Crippen LogP contribution >= 0.6 is 0 Å². The number of fused-ring (bicyclic) bond motifs is 1. The number of aromatic nitrogens is 2. The number of para-hydroxylation sites is 1.